The third-order valence-corrected chi connectivity index (χ3v) is 3.11. The summed E-state index contributed by atoms with van der Waals surface area (Å²) in [5.74, 6) is -0.417. The van der Waals surface area contributed by atoms with Crippen molar-refractivity contribution in [2.45, 2.75) is 52.3 Å². The zero-order chi connectivity index (χ0) is 13.8. The average molecular weight is 281 g/mol. The highest BCUT2D eigenvalue weighted by Crippen LogP contribution is 2.29. The van der Waals surface area contributed by atoms with Crippen molar-refractivity contribution in [2.75, 3.05) is 5.32 Å². The summed E-state index contributed by atoms with van der Waals surface area (Å²) in [5, 5.41) is 3.19. The van der Waals surface area contributed by atoms with Crippen molar-refractivity contribution in [2.24, 2.45) is 5.92 Å². The molecule has 0 radical (unpaired) electrons. The van der Waals surface area contributed by atoms with Crippen LogP contribution in [0.25, 0.3) is 0 Å². The minimum atomic E-state index is -4.46. The van der Waals surface area contributed by atoms with Crippen LogP contribution in [0.5, 0.6) is 0 Å². The van der Waals surface area contributed by atoms with E-state index in [-0.39, 0.29) is 11.2 Å². The van der Waals surface area contributed by atoms with Crippen molar-refractivity contribution >= 4 is 16.7 Å². The Balaban J connectivity index is 2.40. The molecule has 104 valence electrons. The fourth-order valence-corrected chi connectivity index (χ4v) is 2.21. The molecule has 0 fully saturated rings. The smallest absolute Gasteiger partial charge is 0.358 e. The Bertz CT molecular complexity index is 363. The predicted octanol–water partition coefficient (Wildman–Crippen LogP) is 4.18. The second-order valence-corrected chi connectivity index (χ2v) is 5.54. The van der Waals surface area contributed by atoms with E-state index in [9.17, 15) is 13.2 Å². The molecular formula is C11H18F3N3S. The molecule has 0 saturated carbocycles. The molecule has 0 saturated heterocycles. The molecule has 1 aromatic heterocycles. The highest BCUT2D eigenvalue weighted by Gasteiger charge is 2.36. The Morgan fingerprint density at radius 1 is 1.22 bits per heavy atom. The standard InChI is InChI=1S/C11H18F3N3S/c1-7(2)5-4-6-8(3)15-10-16-9(17-18-10)11(12,13)14/h7-8H,4-6H2,1-3H3,(H,15,16,17). The maximum absolute atomic E-state index is 12.3. The van der Waals surface area contributed by atoms with Crippen molar-refractivity contribution in [3.05, 3.63) is 5.82 Å². The lowest BCUT2D eigenvalue weighted by molar-refractivity contribution is -0.144. The quantitative estimate of drug-likeness (QED) is 0.849. The summed E-state index contributed by atoms with van der Waals surface area (Å²) < 4.78 is 40.1. The first-order valence-electron chi connectivity index (χ1n) is 5.96. The first kappa shape index (κ1) is 15.2. The van der Waals surface area contributed by atoms with E-state index < -0.39 is 12.0 Å². The van der Waals surface area contributed by atoms with Gasteiger partial charge in [0.1, 0.15) is 0 Å². The average Bonchev–Trinajstić information content (AvgIpc) is 2.64. The highest BCUT2D eigenvalue weighted by atomic mass is 32.1. The monoisotopic (exact) mass is 281 g/mol. The largest absolute Gasteiger partial charge is 0.452 e. The van der Waals surface area contributed by atoms with Gasteiger partial charge in [0.05, 0.1) is 0 Å². The van der Waals surface area contributed by atoms with Gasteiger partial charge in [-0.25, -0.2) is 0 Å². The van der Waals surface area contributed by atoms with Crippen molar-refractivity contribution < 1.29 is 13.2 Å². The number of hydrogen-bond donors (Lipinski definition) is 1. The van der Waals surface area contributed by atoms with Gasteiger partial charge in [-0.2, -0.15) is 22.5 Å². The first-order chi connectivity index (χ1) is 8.29. The molecule has 0 spiro atoms. The minimum Gasteiger partial charge on any atom is -0.358 e. The summed E-state index contributed by atoms with van der Waals surface area (Å²) in [6.07, 6.45) is -1.37. The highest BCUT2D eigenvalue weighted by molar-refractivity contribution is 7.09. The van der Waals surface area contributed by atoms with E-state index in [1.54, 1.807) is 0 Å². The molecule has 1 atom stereocenters. The van der Waals surface area contributed by atoms with E-state index >= 15 is 0 Å². The maximum atomic E-state index is 12.3. The van der Waals surface area contributed by atoms with Gasteiger partial charge >= 0.3 is 6.18 Å². The second-order valence-electron chi connectivity index (χ2n) is 4.79. The Morgan fingerprint density at radius 2 is 1.89 bits per heavy atom. The van der Waals surface area contributed by atoms with Crippen LogP contribution in [0.15, 0.2) is 0 Å². The summed E-state index contributed by atoms with van der Waals surface area (Å²) in [6, 6.07) is 0.109. The van der Waals surface area contributed by atoms with E-state index in [4.69, 9.17) is 0 Å². The van der Waals surface area contributed by atoms with Gasteiger partial charge in [-0.3, -0.25) is 0 Å². The fourth-order valence-electron chi connectivity index (χ4n) is 1.51. The second kappa shape index (κ2) is 6.36. The lowest BCUT2D eigenvalue weighted by Gasteiger charge is -2.13. The molecule has 1 aromatic rings. The fraction of sp³-hybridized carbons (Fsp3) is 0.818. The van der Waals surface area contributed by atoms with Crippen LogP contribution in [0.2, 0.25) is 0 Å². The summed E-state index contributed by atoms with van der Waals surface area (Å²) in [7, 11) is 0. The van der Waals surface area contributed by atoms with Crippen molar-refractivity contribution in [3.8, 4) is 0 Å². The number of aromatic nitrogens is 2. The van der Waals surface area contributed by atoms with Crippen molar-refractivity contribution in [1.29, 1.82) is 0 Å². The van der Waals surface area contributed by atoms with Crippen LogP contribution in [-0.2, 0) is 6.18 Å². The number of anilines is 1. The van der Waals surface area contributed by atoms with Crippen LogP contribution < -0.4 is 5.32 Å². The first-order valence-corrected chi connectivity index (χ1v) is 6.74. The predicted molar refractivity (Wildman–Crippen MR) is 66.7 cm³/mol. The minimum absolute atomic E-state index is 0.109. The van der Waals surface area contributed by atoms with E-state index in [2.05, 4.69) is 28.5 Å². The Morgan fingerprint density at radius 3 is 2.39 bits per heavy atom. The number of hydrogen-bond acceptors (Lipinski definition) is 4. The molecule has 3 nitrogen and oxygen atoms in total. The van der Waals surface area contributed by atoms with Crippen LogP contribution in [0.1, 0.15) is 45.9 Å². The van der Waals surface area contributed by atoms with Gasteiger partial charge < -0.3 is 5.32 Å². The lowest BCUT2D eigenvalue weighted by Crippen LogP contribution is -2.15. The van der Waals surface area contributed by atoms with Crippen LogP contribution in [-0.4, -0.2) is 15.4 Å². The Labute approximate surface area is 109 Å². The number of nitrogens with one attached hydrogen (secondary N) is 1. The molecule has 0 aliphatic heterocycles. The molecule has 1 unspecified atom stereocenters. The SMILES string of the molecule is CC(C)CCCC(C)Nc1nc(C(F)(F)F)ns1. The molecule has 0 aliphatic rings. The normalized spacial score (nSPS) is 13.9. The summed E-state index contributed by atoms with van der Waals surface area (Å²) in [4.78, 5) is 3.44. The van der Waals surface area contributed by atoms with Gasteiger partial charge in [0.15, 0.2) is 0 Å². The van der Waals surface area contributed by atoms with Gasteiger partial charge in [0.2, 0.25) is 11.0 Å². The summed E-state index contributed by atoms with van der Waals surface area (Å²) >= 11 is 0.752. The molecular weight excluding hydrogens is 263 g/mol. The van der Waals surface area contributed by atoms with Crippen LogP contribution >= 0.6 is 11.5 Å². The summed E-state index contributed by atoms with van der Waals surface area (Å²) in [5.41, 5.74) is 0. The molecule has 0 amide bonds. The van der Waals surface area contributed by atoms with Gasteiger partial charge in [-0.1, -0.05) is 26.7 Å². The van der Waals surface area contributed by atoms with Gasteiger partial charge in [0.25, 0.3) is 0 Å². The zero-order valence-electron chi connectivity index (χ0n) is 10.7. The van der Waals surface area contributed by atoms with Gasteiger partial charge in [0, 0.05) is 17.6 Å². The number of alkyl halides is 3. The van der Waals surface area contributed by atoms with Gasteiger partial charge in [-0.05, 0) is 19.3 Å². The molecule has 1 heterocycles. The zero-order valence-corrected chi connectivity index (χ0v) is 11.5. The molecule has 0 aliphatic carbocycles. The molecule has 7 heteroatoms. The topological polar surface area (TPSA) is 37.8 Å². The number of halogens is 3. The molecule has 0 bridgehead atoms. The Hall–Kier alpha value is -0.850. The third-order valence-electron chi connectivity index (χ3n) is 2.47. The lowest BCUT2D eigenvalue weighted by atomic mass is 10.0. The molecule has 1 rings (SSSR count). The molecule has 1 N–H and O–H groups in total. The van der Waals surface area contributed by atoms with E-state index in [0.717, 1.165) is 30.8 Å². The van der Waals surface area contributed by atoms with E-state index in [1.165, 1.54) is 0 Å². The molecule has 0 aromatic carbocycles. The molecule has 18 heavy (non-hydrogen) atoms. The van der Waals surface area contributed by atoms with E-state index in [0.29, 0.717) is 5.92 Å². The van der Waals surface area contributed by atoms with Crippen molar-refractivity contribution in [1.82, 2.24) is 9.36 Å². The van der Waals surface area contributed by atoms with E-state index in [1.807, 2.05) is 6.92 Å². The Kier molecular flexibility index (Phi) is 5.37. The maximum Gasteiger partial charge on any atom is 0.452 e. The van der Waals surface area contributed by atoms with Crippen LogP contribution in [0.4, 0.5) is 18.3 Å². The number of rotatable bonds is 6. The third kappa shape index (κ3) is 5.20. The van der Waals surface area contributed by atoms with Crippen molar-refractivity contribution in [3.63, 3.8) is 0 Å². The van der Waals surface area contributed by atoms with Crippen LogP contribution in [0, 0.1) is 5.92 Å². The van der Waals surface area contributed by atoms with Gasteiger partial charge in [-0.15, -0.1) is 0 Å². The summed E-state index contributed by atoms with van der Waals surface area (Å²) in [6.45, 7) is 6.24. The number of nitrogens with zero attached hydrogens (tertiary/aromatic N) is 2. The van der Waals surface area contributed by atoms with Crippen LogP contribution in [0.3, 0.4) is 0 Å².